The summed E-state index contributed by atoms with van der Waals surface area (Å²) in [6.45, 7) is 0. The van der Waals surface area contributed by atoms with Gasteiger partial charge in [0.05, 0.1) is 4.90 Å². The Kier molecular flexibility index (Phi) is 6.10. The summed E-state index contributed by atoms with van der Waals surface area (Å²) in [5.41, 5.74) is 0.661. The maximum atomic E-state index is 13.9. The van der Waals surface area contributed by atoms with Gasteiger partial charge in [0.15, 0.2) is 0 Å². The highest BCUT2D eigenvalue weighted by atomic mass is 32.2. The number of hydrogen-bond acceptors (Lipinski definition) is 3. The van der Waals surface area contributed by atoms with E-state index in [1.54, 1.807) is 7.05 Å². The van der Waals surface area contributed by atoms with Crippen molar-refractivity contribution < 1.29 is 22.0 Å². The number of nitrogens with one attached hydrogen (secondary N) is 2. The Morgan fingerprint density at radius 1 is 1.00 bits per heavy atom. The highest BCUT2D eigenvalue weighted by molar-refractivity contribution is 7.89. The molecule has 1 amide bonds. The molecule has 0 bridgehead atoms. The van der Waals surface area contributed by atoms with Gasteiger partial charge >= 0.3 is 0 Å². The quantitative estimate of drug-likeness (QED) is 0.798. The van der Waals surface area contributed by atoms with Crippen molar-refractivity contribution in [1.82, 2.24) is 10.0 Å². The predicted molar refractivity (Wildman–Crippen MR) is 102 cm³/mol. The van der Waals surface area contributed by atoms with Crippen LogP contribution in [0.5, 0.6) is 0 Å². The fourth-order valence-electron chi connectivity index (χ4n) is 3.50. The molecular weight excluding hydrogens is 386 g/mol. The maximum absolute atomic E-state index is 13.9. The molecule has 0 aliphatic heterocycles. The van der Waals surface area contributed by atoms with Gasteiger partial charge in [-0.2, -0.15) is 0 Å². The second-order valence-electron chi connectivity index (χ2n) is 6.93. The van der Waals surface area contributed by atoms with Crippen LogP contribution < -0.4 is 10.0 Å². The lowest BCUT2D eigenvalue weighted by atomic mass is 9.86. The lowest BCUT2D eigenvalue weighted by Crippen LogP contribution is -2.40. The molecule has 8 heteroatoms. The zero-order chi connectivity index (χ0) is 20.3. The number of carbonyl (C=O) groups is 1. The Hall–Kier alpha value is -2.32. The van der Waals surface area contributed by atoms with E-state index in [4.69, 9.17) is 0 Å². The third-order valence-electron chi connectivity index (χ3n) is 5.07. The average Bonchev–Trinajstić information content (AvgIpc) is 2.68. The number of benzene rings is 2. The standard InChI is InChI=1S/C20H22F2N2O3S/c1-23-20(25)14-2-7-16(8-3-14)24-28(26,27)17-9-4-13(5-10-17)18-11-6-15(21)12-19(18)22/h4-6,9-12,14,16,24H,2-3,7-8H2,1H3,(H,23,25). The Labute approximate surface area is 163 Å². The largest absolute Gasteiger partial charge is 0.359 e. The van der Waals surface area contributed by atoms with Crippen LogP contribution in [0, 0.1) is 17.6 Å². The molecule has 5 nitrogen and oxygen atoms in total. The van der Waals surface area contributed by atoms with Crippen LogP contribution in [0.2, 0.25) is 0 Å². The molecule has 1 fully saturated rings. The first-order chi connectivity index (χ1) is 13.3. The fourth-order valence-corrected chi connectivity index (χ4v) is 4.81. The van der Waals surface area contributed by atoms with Crippen molar-refractivity contribution in [3.05, 3.63) is 54.1 Å². The van der Waals surface area contributed by atoms with Gasteiger partial charge in [-0.25, -0.2) is 21.9 Å². The summed E-state index contributed by atoms with van der Waals surface area (Å²) in [6, 6.07) is 8.82. The zero-order valence-corrected chi connectivity index (χ0v) is 16.2. The zero-order valence-electron chi connectivity index (χ0n) is 15.4. The molecule has 28 heavy (non-hydrogen) atoms. The molecule has 2 N–H and O–H groups in total. The molecule has 0 spiro atoms. The summed E-state index contributed by atoms with van der Waals surface area (Å²) in [7, 11) is -2.13. The summed E-state index contributed by atoms with van der Waals surface area (Å²) in [5.74, 6) is -1.46. The molecule has 0 heterocycles. The monoisotopic (exact) mass is 408 g/mol. The number of rotatable bonds is 5. The summed E-state index contributed by atoms with van der Waals surface area (Å²) in [6.07, 6.45) is 2.46. The second kappa shape index (κ2) is 8.36. The molecule has 0 saturated heterocycles. The van der Waals surface area contributed by atoms with Gasteiger partial charge in [0, 0.05) is 30.6 Å². The van der Waals surface area contributed by atoms with Crippen LogP contribution >= 0.6 is 0 Å². The third-order valence-corrected chi connectivity index (χ3v) is 6.61. The molecule has 0 aromatic heterocycles. The van der Waals surface area contributed by atoms with E-state index in [0.29, 0.717) is 31.2 Å². The minimum Gasteiger partial charge on any atom is -0.359 e. The molecule has 0 atom stereocenters. The van der Waals surface area contributed by atoms with Crippen LogP contribution in [-0.2, 0) is 14.8 Å². The topological polar surface area (TPSA) is 75.3 Å². The number of halogens is 2. The van der Waals surface area contributed by atoms with Gasteiger partial charge < -0.3 is 5.32 Å². The number of hydrogen-bond donors (Lipinski definition) is 2. The number of sulfonamides is 1. The highest BCUT2D eigenvalue weighted by Gasteiger charge is 2.28. The molecule has 150 valence electrons. The van der Waals surface area contributed by atoms with Gasteiger partial charge in [-0.15, -0.1) is 0 Å². The Bertz CT molecular complexity index is 954. The Balaban J connectivity index is 1.68. The fraction of sp³-hybridized carbons (Fsp3) is 0.350. The van der Waals surface area contributed by atoms with E-state index in [1.165, 1.54) is 30.3 Å². The smallest absolute Gasteiger partial charge is 0.240 e. The predicted octanol–water partition coefficient (Wildman–Crippen LogP) is 3.21. The van der Waals surface area contributed by atoms with Gasteiger partial charge in [0.1, 0.15) is 11.6 Å². The van der Waals surface area contributed by atoms with Crippen molar-refractivity contribution >= 4 is 15.9 Å². The molecular formula is C20H22F2N2O3S. The van der Waals surface area contributed by atoms with Crippen LogP contribution in [0.3, 0.4) is 0 Å². The van der Waals surface area contributed by atoms with Crippen LogP contribution in [-0.4, -0.2) is 27.4 Å². The minimum atomic E-state index is -3.72. The first-order valence-corrected chi connectivity index (χ1v) is 10.6. The van der Waals surface area contributed by atoms with Gasteiger partial charge in [-0.05, 0) is 55.5 Å². The molecule has 1 aliphatic carbocycles. The minimum absolute atomic E-state index is 0.00933. The Morgan fingerprint density at radius 3 is 2.21 bits per heavy atom. The normalized spacial score (nSPS) is 20.0. The summed E-state index contributed by atoms with van der Waals surface area (Å²) >= 11 is 0. The lowest BCUT2D eigenvalue weighted by Gasteiger charge is -2.27. The average molecular weight is 408 g/mol. The van der Waals surface area contributed by atoms with Crippen LogP contribution in [0.15, 0.2) is 47.4 Å². The van der Waals surface area contributed by atoms with E-state index < -0.39 is 21.7 Å². The molecule has 1 saturated carbocycles. The summed E-state index contributed by atoms with van der Waals surface area (Å²) in [4.78, 5) is 11.8. The maximum Gasteiger partial charge on any atom is 0.240 e. The number of amides is 1. The van der Waals surface area contributed by atoms with Crippen LogP contribution in [0.25, 0.3) is 11.1 Å². The van der Waals surface area contributed by atoms with Crippen molar-refractivity contribution in [2.75, 3.05) is 7.05 Å². The third kappa shape index (κ3) is 4.56. The first-order valence-electron chi connectivity index (χ1n) is 9.09. The summed E-state index contributed by atoms with van der Waals surface area (Å²) in [5, 5.41) is 2.62. The van der Waals surface area contributed by atoms with Crippen LogP contribution in [0.4, 0.5) is 8.78 Å². The first kappa shape index (κ1) is 20.4. The highest BCUT2D eigenvalue weighted by Crippen LogP contribution is 2.27. The SMILES string of the molecule is CNC(=O)C1CCC(NS(=O)(=O)c2ccc(-c3ccc(F)cc3F)cc2)CC1. The van der Waals surface area contributed by atoms with E-state index in [9.17, 15) is 22.0 Å². The van der Waals surface area contributed by atoms with E-state index in [2.05, 4.69) is 10.0 Å². The van der Waals surface area contributed by atoms with Crippen molar-refractivity contribution in [3.8, 4) is 11.1 Å². The van der Waals surface area contributed by atoms with Crippen molar-refractivity contribution in [1.29, 1.82) is 0 Å². The number of carbonyl (C=O) groups excluding carboxylic acids is 1. The van der Waals surface area contributed by atoms with E-state index in [0.717, 1.165) is 12.1 Å². The molecule has 2 aromatic rings. The van der Waals surface area contributed by atoms with Gasteiger partial charge in [0.2, 0.25) is 15.9 Å². The van der Waals surface area contributed by atoms with Crippen molar-refractivity contribution in [3.63, 3.8) is 0 Å². The van der Waals surface area contributed by atoms with Gasteiger partial charge in [-0.1, -0.05) is 12.1 Å². The van der Waals surface area contributed by atoms with Gasteiger partial charge in [0.25, 0.3) is 0 Å². The molecule has 0 unspecified atom stereocenters. The Morgan fingerprint density at radius 2 is 1.64 bits per heavy atom. The molecule has 0 radical (unpaired) electrons. The van der Waals surface area contributed by atoms with Crippen LogP contribution in [0.1, 0.15) is 25.7 Å². The molecule has 3 rings (SSSR count). The van der Waals surface area contributed by atoms with Crippen molar-refractivity contribution in [2.24, 2.45) is 5.92 Å². The lowest BCUT2D eigenvalue weighted by molar-refractivity contribution is -0.125. The van der Waals surface area contributed by atoms with E-state index in [-0.39, 0.29) is 28.3 Å². The van der Waals surface area contributed by atoms with Gasteiger partial charge in [-0.3, -0.25) is 4.79 Å². The molecule has 2 aromatic carbocycles. The van der Waals surface area contributed by atoms with E-state index in [1.807, 2.05) is 0 Å². The summed E-state index contributed by atoms with van der Waals surface area (Å²) < 4.78 is 54.9. The van der Waals surface area contributed by atoms with Crippen molar-refractivity contribution in [2.45, 2.75) is 36.6 Å². The second-order valence-corrected chi connectivity index (χ2v) is 8.65. The molecule has 1 aliphatic rings. The van der Waals surface area contributed by atoms with E-state index >= 15 is 0 Å².